The summed E-state index contributed by atoms with van der Waals surface area (Å²) in [5, 5.41) is 2.57. The predicted molar refractivity (Wildman–Crippen MR) is 111 cm³/mol. The first-order valence-electron chi connectivity index (χ1n) is 10.3. The predicted octanol–water partition coefficient (Wildman–Crippen LogP) is 4.19. The van der Waals surface area contributed by atoms with Gasteiger partial charge in [0.2, 0.25) is 0 Å². The zero-order valence-corrected chi connectivity index (χ0v) is 18.5. The number of carbonyl (C=O) groups is 2. The van der Waals surface area contributed by atoms with Gasteiger partial charge < -0.3 is 24.4 Å². The van der Waals surface area contributed by atoms with E-state index in [1.54, 1.807) is 4.90 Å². The van der Waals surface area contributed by atoms with E-state index < -0.39 is 17.8 Å². The van der Waals surface area contributed by atoms with Crippen LogP contribution in [-0.2, 0) is 14.2 Å². The van der Waals surface area contributed by atoms with Crippen molar-refractivity contribution in [3.8, 4) is 0 Å². The van der Waals surface area contributed by atoms with Gasteiger partial charge in [0.05, 0.1) is 19.8 Å². The molecule has 168 valence electrons. The molecule has 0 saturated carbocycles. The van der Waals surface area contributed by atoms with Crippen molar-refractivity contribution >= 4 is 12.2 Å². The maximum absolute atomic E-state index is 14.1. The summed E-state index contributed by atoms with van der Waals surface area (Å²) in [6, 6.07) is 4.83. The van der Waals surface area contributed by atoms with Gasteiger partial charge in [-0.25, -0.2) is 14.0 Å². The molecule has 1 heterocycles. The van der Waals surface area contributed by atoms with E-state index in [1.165, 1.54) is 19.2 Å². The van der Waals surface area contributed by atoms with Crippen LogP contribution in [0.1, 0.15) is 50.8 Å². The number of nitrogens with zero attached hydrogens (tertiary/aromatic N) is 1. The summed E-state index contributed by atoms with van der Waals surface area (Å²) in [5.41, 5.74) is 0.951. The molecular weight excluding hydrogens is 391 g/mol. The minimum absolute atomic E-state index is 0.0226. The molecule has 2 amide bonds. The van der Waals surface area contributed by atoms with Gasteiger partial charge in [-0.2, -0.15) is 0 Å². The number of alkyl carbamates (subject to hydrolysis) is 1. The molecule has 1 aliphatic rings. The van der Waals surface area contributed by atoms with E-state index in [0.29, 0.717) is 13.1 Å². The second-order valence-electron chi connectivity index (χ2n) is 8.60. The quantitative estimate of drug-likeness (QED) is 0.693. The lowest BCUT2D eigenvalue weighted by Crippen LogP contribution is -2.44. The Kier molecular flexibility index (Phi) is 8.46. The largest absolute Gasteiger partial charge is 0.453 e. The average Bonchev–Trinajstić information content (AvgIpc) is 2.65. The number of nitrogens with one attached hydrogen (secondary N) is 1. The zero-order chi connectivity index (χ0) is 22.3. The molecule has 1 saturated heterocycles. The van der Waals surface area contributed by atoms with Gasteiger partial charge in [0.15, 0.2) is 0 Å². The molecule has 1 aromatic carbocycles. The number of hydrogen-bond acceptors (Lipinski definition) is 5. The molecule has 1 fully saturated rings. The van der Waals surface area contributed by atoms with E-state index in [4.69, 9.17) is 9.47 Å². The molecule has 1 N–H and O–H groups in total. The number of likely N-dealkylation sites (tertiary alicyclic amines) is 1. The number of aryl methyl sites for hydroxylation is 1. The molecule has 30 heavy (non-hydrogen) atoms. The van der Waals surface area contributed by atoms with E-state index in [2.05, 4.69) is 10.1 Å². The van der Waals surface area contributed by atoms with Crippen LogP contribution in [0.25, 0.3) is 0 Å². The van der Waals surface area contributed by atoms with Crippen molar-refractivity contribution in [1.29, 1.82) is 0 Å². The third kappa shape index (κ3) is 7.48. The molecule has 2 atom stereocenters. The first kappa shape index (κ1) is 23.9. The summed E-state index contributed by atoms with van der Waals surface area (Å²) < 4.78 is 30.2. The summed E-state index contributed by atoms with van der Waals surface area (Å²) in [4.78, 5) is 25.5. The van der Waals surface area contributed by atoms with E-state index in [9.17, 15) is 14.0 Å². The summed E-state index contributed by atoms with van der Waals surface area (Å²) in [6.07, 6.45) is 0.339. The molecular formula is C22H33FN2O5. The molecule has 8 heteroatoms. The van der Waals surface area contributed by atoms with Crippen LogP contribution in [0.3, 0.4) is 0 Å². The standard InChI is InChI=1S/C22H33FN2O5/c1-15-11-17(13-18(23)12-15)19(29-10-8-24-20(26)28-5)16-7-6-9-25(14-16)21(27)30-22(2,3)4/h11-13,16,19H,6-10,14H2,1-5H3,(H,24,26)/t16?,19-/m1/s1. The lowest BCUT2D eigenvalue weighted by atomic mass is 9.88. The maximum Gasteiger partial charge on any atom is 0.410 e. The Morgan fingerprint density at radius 2 is 2.03 bits per heavy atom. The molecule has 7 nitrogen and oxygen atoms in total. The molecule has 0 radical (unpaired) electrons. The Bertz CT molecular complexity index is 714. The normalized spacial score (nSPS) is 17.9. The fourth-order valence-corrected chi connectivity index (χ4v) is 3.59. The van der Waals surface area contributed by atoms with Gasteiger partial charge in [0.25, 0.3) is 0 Å². The fraction of sp³-hybridized carbons (Fsp3) is 0.636. The number of piperidine rings is 1. The summed E-state index contributed by atoms with van der Waals surface area (Å²) in [7, 11) is 1.29. The highest BCUT2D eigenvalue weighted by Gasteiger charge is 2.33. The summed E-state index contributed by atoms with van der Waals surface area (Å²) in [6.45, 7) is 8.91. The van der Waals surface area contributed by atoms with Gasteiger partial charge in [-0.15, -0.1) is 0 Å². The second kappa shape index (κ2) is 10.6. The van der Waals surface area contributed by atoms with Gasteiger partial charge in [0, 0.05) is 25.6 Å². The number of benzene rings is 1. The van der Waals surface area contributed by atoms with E-state index in [1.807, 2.05) is 33.8 Å². The highest BCUT2D eigenvalue weighted by molar-refractivity contribution is 5.68. The van der Waals surface area contributed by atoms with Crippen molar-refractivity contribution in [1.82, 2.24) is 10.2 Å². The second-order valence-corrected chi connectivity index (χ2v) is 8.60. The van der Waals surface area contributed by atoms with Gasteiger partial charge in [-0.3, -0.25) is 0 Å². The first-order chi connectivity index (χ1) is 14.1. The number of halogens is 1. The molecule has 1 aromatic rings. The Morgan fingerprint density at radius 1 is 1.30 bits per heavy atom. The zero-order valence-electron chi connectivity index (χ0n) is 18.5. The van der Waals surface area contributed by atoms with Crippen LogP contribution in [0.5, 0.6) is 0 Å². The highest BCUT2D eigenvalue weighted by Crippen LogP contribution is 2.34. The number of ether oxygens (including phenoxy) is 3. The Hall–Kier alpha value is -2.35. The number of hydrogen-bond donors (Lipinski definition) is 1. The molecule has 2 rings (SSSR count). The van der Waals surface area contributed by atoms with Crippen LogP contribution in [0, 0.1) is 18.7 Å². The Balaban J connectivity index is 2.14. The fourth-order valence-electron chi connectivity index (χ4n) is 3.59. The number of carbonyl (C=O) groups excluding carboxylic acids is 2. The molecule has 0 bridgehead atoms. The molecule has 0 aliphatic carbocycles. The maximum atomic E-state index is 14.1. The highest BCUT2D eigenvalue weighted by atomic mass is 19.1. The molecule has 0 spiro atoms. The number of methoxy groups -OCH3 is 1. The molecule has 1 aliphatic heterocycles. The monoisotopic (exact) mass is 424 g/mol. The lowest BCUT2D eigenvalue weighted by molar-refractivity contribution is -0.0247. The third-order valence-corrected chi connectivity index (χ3v) is 4.78. The van der Waals surface area contributed by atoms with Crippen molar-refractivity contribution in [2.24, 2.45) is 5.92 Å². The van der Waals surface area contributed by atoms with Gasteiger partial charge in [-0.1, -0.05) is 6.07 Å². The van der Waals surface area contributed by atoms with Gasteiger partial charge in [0.1, 0.15) is 11.4 Å². The Morgan fingerprint density at radius 3 is 2.67 bits per heavy atom. The number of rotatable bonds is 6. The topological polar surface area (TPSA) is 77.1 Å². The SMILES string of the molecule is COC(=O)NCCO[C@@H](c1cc(C)cc(F)c1)C1CCCN(C(=O)OC(C)(C)C)C1. The van der Waals surface area contributed by atoms with Crippen molar-refractivity contribution in [2.75, 3.05) is 33.4 Å². The van der Waals surface area contributed by atoms with E-state index in [0.717, 1.165) is 24.0 Å². The van der Waals surface area contributed by atoms with E-state index >= 15 is 0 Å². The van der Waals surface area contributed by atoms with Crippen molar-refractivity contribution in [3.05, 3.63) is 35.1 Å². The smallest absolute Gasteiger partial charge is 0.410 e. The lowest BCUT2D eigenvalue weighted by Gasteiger charge is -2.37. The van der Waals surface area contributed by atoms with Crippen LogP contribution in [0.2, 0.25) is 0 Å². The molecule has 1 unspecified atom stereocenters. The van der Waals surface area contributed by atoms with Crippen LogP contribution in [0.15, 0.2) is 18.2 Å². The first-order valence-corrected chi connectivity index (χ1v) is 10.3. The van der Waals surface area contributed by atoms with Crippen LogP contribution >= 0.6 is 0 Å². The van der Waals surface area contributed by atoms with E-state index in [-0.39, 0.29) is 31.0 Å². The van der Waals surface area contributed by atoms with Crippen molar-refractivity contribution in [3.63, 3.8) is 0 Å². The van der Waals surface area contributed by atoms with Crippen molar-refractivity contribution in [2.45, 2.75) is 52.2 Å². The minimum Gasteiger partial charge on any atom is -0.453 e. The minimum atomic E-state index is -0.570. The average molecular weight is 425 g/mol. The van der Waals surface area contributed by atoms with Crippen molar-refractivity contribution < 1.29 is 28.2 Å². The Labute approximate surface area is 177 Å². The molecule has 0 aromatic heterocycles. The number of amides is 2. The van der Waals surface area contributed by atoms with Gasteiger partial charge >= 0.3 is 12.2 Å². The van der Waals surface area contributed by atoms with Crippen LogP contribution < -0.4 is 5.32 Å². The van der Waals surface area contributed by atoms with Crippen LogP contribution in [0.4, 0.5) is 14.0 Å². The van der Waals surface area contributed by atoms with Crippen LogP contribution in [-0.4, -0.2) is 56.0 Å². The summed E-state index contributed by atoms with van der Waals surface area (Å²) in [5.74, 6) is -0.350. The summed E-state index contributed by atoms with van der Waals surface area (Å²) >= 11 is 0. The van der Waals surface area contributed by atoms with Gasteiger partial charge in [-0.05, 0) is 63.8 Å². The third-order valence-electron chi connectivity index (χ3n) is 4.78.